The summed E-state index contributed by atoms with van der Waals surface area (Å²) < 4.78 is 5.41. The van der Waals surface area contributed by atoms with Crippen molar-refractivity contribution in [3.8, 4) is 0 Å². The van der Waals surface area contributed by atoms with E-state index in [1.807, 2.05) is 36.4 Å². The zero-order chi connectivity index (χ0) is 17.5. The number of rotatable bonds is 6. The second-order valence-electron chi connectivity index (χ2n) is 6.10. The summed E-state index contributed by atoms with van der Waals surface area (Å²) in [7, 11) is 0. The van der Waals surface area contributed by atoms with Gasteiger partial charge in [0.2, 0.25) is 5.91 Å². The van der Waals surface area contributed by atoms with Gasteiger partial charge in [0, 0.05) is 30.2 Å². The van der Waals surface area contributed by atoms with Crippen LogP contribution < -0.4 is 5.32 Å². The molecule has 132 valence electrons. The highest BCUT2D eigenvalue weighted by molar-refractivity contribution is 7.98. The van der Waals surface area contributed by atoms with Crippen LogP contribution >= 0.6 is 11.8 Å². The van der Waals surface area contributed by atoms with Crippen LogP contribution in [0.1, 0.15) is 12.5 Å². The van der Waals surface area contributed by atoms with Gasteiger partial charge in [0.15, 0.2) is 0 Å². The molecule has 1 aliphatic heterocycles. The monoisotopic (exact) mass is 357 g/mol. The molecular weight excluding hydrogens is 334 g/mol. The third-order valence-electron chi connectivity index (χ3n) is 4.09. The lowest BCUT2D eigenvalue weighted by atomic mass is 10.2. The first kappa shape index (κ1) is 17.9. The van der Waals surface area contributed by atoms with Crippen LogP contribution in [0.25, 0.3) is 0 Å². The van der Waals surface area contributed by atoms with Crippen molar-refractivity contribution in [2.45, 2.75) is 23.7 Å². The number of hydrogen-bond acceptors (Lipinski definition) is 5. The van der Waals surface area contributed by atoms with Gasteiger partial charge in [-0.25, -0.2) is 4.98 Å². The Morgan fingerprint density at radius 1 is 1.36 bits per heavy atom. The molecule has 1 aliphatic rings. The number of pyridine rings is 1. The Balaban J connectivity index is 1.53. The van der Waals surface area contributed by atoms with Gasteiger partial charge in [-0.05, 0) is 36.8 Å². The zero-order valence-corrected chi connectivity index (χ0v) is 15.2. The number of amides is 1. The number of benzene rings is 1. The van der Waals surface area contributed by atoms with E-state index < -0.39 is 0 Å². The smallest absolute Gasteiger partial charge is 0.238 e. The van der Waals surface area contributed by atoms with Crippen LogP contribution in [-0.4, -0.2) is 48.1 Å². The predicted molar refractivity (Wildman–Crippen MR) is 101 cm³/mol. The summed E-state index contributed by atoms with van der Waals surface area (Å²) in [4.78, 5) is 18.8. The van der Waals surface area contributed by atoms with Crippen LogP contribution in [-0.2, 0) is 15.3 Å². The van der Waals surface area contributed by atoms with Gasteiger partial charge in [-0.3, -0.25) is 9.69 Å². The van der Waals surface area contributed by atoms with Crippen LogP contribution in [0.3, 0.4) is 0 Å². The molecule has 5 nitrogen and oxygen atoms in total. The Kier molecular flexibility index (Phi) is 6.44. The zero-order valence-electron chi connectivity index (χ0n) is 14.4. The number of morpholine rings is 1. The fourth-order valence-corrected chi connectivity index (χ4v) is 3.51. The summed E-state index contributed by atoms with van der Waals surface area (Å²) in [6.45, 7) is 4.67. The molecule has 1 aromatic carbocycles. The minimum absolute atomic E-state index is 0.0169. The van der Waals surface area contributed by atoms with Crippen molar-refractivity contribution < 1.29 is 9.53 Å². The van der Waals surface area contributed by atoms with Gasteiger partial charge in [-0.2, -0.15) is 0 Å². The third kappa shape index (κ3) is 5.56. The summed E-state index contributed by atoms with van der Waals surface area (Å²) in [5.41, 5.74) is 2.00. The molecule has 1 N–H and O–H groups in total. The van der Waals surface area contributed by atoms with E-state index in [4.69, 9.17) is 4.74 Å². The maximum Gasteiger partial charge on any atom is 0.238 e. The first-order valence-electron chi connectivity index (χ1n) is 8.45. The van der Waals surface area contributed by atoms with Crippen LogP contribution in [0, 0.1) is 0 Å². The predicted octanol–water partition coefficient (Wildman–Crippen LogP) is 3.03. The minimum atomic E-state index is 0.0169. The first-order chi connectivity index (χ1) is 12.2. The summed E-state index contributed by atoms with van der Waals surface area (Å²) in [6.07, 6.45) is 1.80. The molecule has 2 heterocycles. The van der Waals surface area contributed by atoms with Crippen molar-refractivity contribution in [1.82, 2.24) is 9.88 Å². The fourth-order valence-electron chi connectivity index (χ4n) is 2.71. The second-order valence-corrected chi connectivity index (χ2v) is 7.10. The third-order valence-corrected chi connectivity index (χ3v) is 5.10. The lowest BCUT2D eigenvalue weighted by Crippen LogP contribution is -2.47. The SMILES string of the molecule is CC1COCCN1CC(=O)Nc1cccc(CSc2ccccn2)c1. The van der Waals surface area contributed by atoms with E-state index in [1.165, 1.54) is 0 Å². The quantitative estimate of drug-likeness (QED) is 0.806. The molecule has 0 aliphatic carbocycles. The van der Waals surface area contributed by atoms with Crippen LogP contribution in [0.4, 0.5) is 5.69 Å². The van der Waals surface area contributed by atoms with Gasteiger partial charge in [0.1, 0.15) is 0 Å². The molecule has 0 radical (unpaired) electrons. The number of aromatic nitrogens is 1. The van der Waals surface area contributed by atoms with Gasteiger partial charge in [-0.1, -0.05) is 18.2 Å². The Bertz CT molecular complexity index is 696. The molecule has 2 aromatic rings. The van der Waals surface area contributed by atoms with Crippen molar-refractivity contribution >= 4 is 23.4 Å². The number of nitrogens with zero attached hydrogens (tertiary/aromatic N) is 2. The van der Waals surface area contributed by atoms with Crippen molar-refractivity contribution in [1.29, 1.82) is 0 Å². The number of ether oxygens (including phenoxy) is 1. The van der Waals surface area contributed by atoms with Crippen LogP contribution in [0.5, 0.6) is 0 Å². The highest BCUT2D eigenvalue weighted by Crippen LogP contribution is 2.22. The molecule has 0 spiro atoms. The largest absolute Gasteiger partial charge is 0.379 e. The molecule has 6 heteroatoms. The number of anilines is 1. The Morgan fingerprint density at radius 3 is 3.08 bits per heavy atom. The number of carbonyl (C=O) groups is 1. The van der Waals surface area contributed by atoms with E-state index in [1.54, 1.807) is 18.0 Å². The van der Waals surface area contributed by atoms with Crippen LogP contribution in [0.2, 0.25) is 0 Å². The Labute approximate surface area is 152 Å². The number of nitrogens with one attached hydrogen (secondary N) is 1. The van der Waals surface area contributed by atoms with Gasteiger partial charge < -0.3 is 10.1 Å². The van der Waals surface area contributed by atoms with Crippen molar-refractivity contribution in [2.75, 3.05) is 31.6 Å². The van der Waals surface area contributed by atoms with Crippen molar-refractivity contribution in [3.63, 3.8) is 0 Å². The molecule has 1 unspecified atom stereocenters. The van der Waals surface area contributed by atoms with E-state index >= 15 is 0 Å². The minimum Gasteiger partial charge on any atom is -0.379 e. The topological polar surface area (TPSA) is 54.5 Å². The number of thioether (sulfide) groups is 1. The summed E-state index contributed by atoms with van der Waals surface area (Å²) in [6, 6.07) is 14.2. The average Bonchev–Trinajstić information content (AvgIpc) is 2.63. The molecule has 1 fully saturated rings. The molecule has 1 aromatic heterocycles. The maximum absolute atomic E-state index is 12.3. The molecule has 3 rings (SSSR count). The van der Waals surface area contributed by atoms with Gasteiger partial charge in [0.25, 0.3) is 0 Å². The van der Waals surface area contributed by atoms with E-state index in [2.05, 4.69) is 28.2 Å². The van der Waals surface area contributed by atoms with Crippen LogP contribution in [0.15, 0.2) is 53.7 Å². The molecule has 1 atom stereocenters. The van der Waals surface area contributed by atoms with Crippen molar-refractivity contribution in [2.24, 2.45) is 0 Å². The van der Waals surface area contributed by atoms with Gasteiger partial charge in [-0.15, -0.1) is 11.8 Å². The summed E-state index contributed by atoms with van der Waals surface area (Å²) in [5, 5.41) is 4.00. The van der Waals surface area contributed by atoms with E-state index in [0.29, 0.717) is 19.8 Å². The van der Waals surface area contributed by atoms with Gasteiger partial charge >= 0.3 is 0 Å². The molecule has 0 saturated carbocycles. The van der Waals surface area contributed by atoms with E-state index in [-0.39, 0.29) is 11.9 Å². The molecular formula is C19H23N3O2S. The Morgan fingerprint density at radius 2 is 2.28 bits per heavy atom. The average molecular weight is 357 g/mol. The standard InChI is InChI=1S/C19H23N3O2S/c1-15-13-24-10-9-22(15)12-18(23)21-17-6-4-5-16(11-17)14-25-19-7-2-3-8-20-19/h2-8,11,15H,9-10,12-14H2,1H3,(H,21,23). The van der Waals surface area contributed by atoms with E-state index in [9.17, 15) is 4.79 Å². The summed E-state index contributed by atoms with van der Waals surface area (Å²) >= 11 is 1.68. The molecule has 0 bridgehead atoms. The normalized spacial score (nSPS) is 18.0. The lowest BCUT2D eigenvalue weighted by molar-refractivity contribution is -0.119. The van der Waals surface area contributed by atoms with E-state index in [0.717, 1.165) is 28.6 Å². The lowest BCUT2D eigenvalue weighted by Gasteiger charge is -2.32. The first-order valence-corrected chi connectivity index (χ1v) is 9.44. The number of carbonyl (C=O) groups excluding carboxylic acids is 1. The molecule has 25 heavy (non-hydrogen) atoms. The fraction of sp³-hybridized carbons (Fsp3) is 0.368. The second kappa shape index (κ2) is 8.99. The maximum atomic E-state index is 12.3. The Hall–Kier alpha value is -1.89. The van der Waals surface area contributed by atoms with Gasteiger partial charge in [0.05, 0.1) is 24.8 Å². The summed E-state index contributed by atoms with van der Waals surface area (Å²) in [5.74, 6) is 0.838. The highest BCUT2D eigenvalue weighted by atomic mass is 32.2. The highest BCUT2D eigenvalue weighted by Gasteiger charge is 2.20. The molecule has 1 saturated heterocycles. The molecule has 1 amide bonds. The number of hydrogen-bond donors (Lipinski definition) is 1. The van der Waals surface area contributed by atoms with Crippen molar-refractivity contribution in [3.05, 3.63) is 54.2 Å².